The van der Waals surface area contributed by atoms with Gasteiger partial charge in [-0.1, -0.05) is 37.3 Å². The number of benzene rings is 2. The monoisotopic (exact) mass is 377 g/mol. The first-order valence-corrected chi connectivity index (χ1v) is 9.01. The fraction of sp³-hybridized carbons (Fsp3) is 0.381. The first-order chi connectivity index (χ1) is 13.0. The Balaban J connectivity index is 2.03. The molecule has 2 rings (SSSR count). The average molecular weight is 377 g/mol. The summed E-state index contributed by atoms with van der Waals surface area (Å²) in [4.78, 5) is 13.3. The number of hydrogen-bond acceptors (Lipinski definition) is 4. The molecule has 0 saturated heterocycles. The molecule has 0 aliphatic rings. The topological polar surface area (TPSA) is 49.8 Å². The van der Waals surface area contributed by atoms with Gasteiger partial charge in [0.25, 0.3) is 0 Å². The van der Waals surface area contributed by atoms with Crippen molar-refractivity contribution in [3.8, 4) is 0 Å². The fourth-order valence-electron chi connectivity index (χ4n) is 2.72. The standard InChI is InChI=1S/C21H25F2NO3/c1-2-5-21(26)27-15-19(25)14-24(12-16-8-10-18(22)11-9-16)13-17-6-3-4-7-20(17)23/h3-4,6-11,19,25H,2,5,12-15H2,1H3/t19-/m1/s1. The van der Waals surface area contributed by atoms with E-state index in [-0.39, 0.29) is 37.3 Å². The van der Waals surface area contributed by atoms with Crippen LogP contribution in [0.2, 0.25) is 0 Å². The number of carbonyl (C=O) groups is 1. The van der Waals surface area contributed by atoms with Gasteiger partial charge in [-0.15, -0.1) is 0 Å². The van der Waals surface area contributed by atoms with Crippen LogP contribution in [-0.2, 0) is 22.6 Å². The van der Waals surface area contributed by atoms with Gasteiger partial charge in [0.2, 0.25) is 0 Å². The molecule has 0 saturated carbocycles. The molecule has 0 aromatic heterocycles. The normalized spacial score (nSPS) is 12.2. The molecule has 0 spiro atoms. The van der Waals surface area contributed by atoms with Crippen molar-refractivity contribution in [3.05, 3.63) is 71.3 Å². The average Bonchev–Trinajstić information content (AvgIpc) is 2.64. The Kier molecular flexibility index (Phi) is 8.36. The predicted octanol–water partition coefficient (Wildman–Crippen LogP) is 3.67. The van der Waals surface area contributed by atoms with Crippen molar-refractivity contribution in [1.82, 2.24) is 4.90 Å². The molecule has 0 aliphatic carbocycles. The van der Waals surface area contributed by atoms with Crippen molar-refractivity contribution >= 4 is 5.97 Å². The second-order valence-electron chi connectivity index (χ2n) is 6.47. The van der Waals surface area contributed by atoms with Crippen LogP contribution in [0.25, 0.3) is 0 Å². The Morgan fingerprint density at radius 1 is 1.11 bits per heavy atom. The lowest BCUT2D eigenvalue weighted by Crippen LogP contribution is -2.35. The molecule has 0 heterocycles. The Hall–Kier alpha value is -2.31. The van der Waals surface area contributed by atoms with Gasteiger partial charge in [0, 0.05) is 31.6 Å². The summed E-state index contributed by atoms with van der Waals surface area (Å²) >= 11 is 0. The lowest BCUT2D eigenvalue weighted by Gasteiger charge is -2.25. The third-order valence-corrected chi connectivity index (χ3v) is 4.03. The Morgan fingerprint density at radius 3 is 2.48 bits per heavy atom. The number of aliphatic hydroxyl groups excluding tert-OH is 1. The largest absolute Gasteiger partial charge is 0.463 e. The van der Waals surface area contributed by atoms with E-state index in [2.05, 4.69) is 0 Å². The van der Waals surface area contributed by atoms with E-state index in [1.165, 1.54) is 18.2 Å². The highest BCUT2D eigenvalue weighted by molar-refractivity contribution is 5.69. The lowest BCUT2D eigenvalue weighted by atomic mass is 10.1. The van der Waals surface area contributed by atoms with E-state index >= 15 is 0 Å². The smallest absolute Gasteiger partial charge is 0.305 e. The van der Waals surface area contributed by atoms with Gasteiger partial charge in [-0.05, 0) is 30.2 Å². The second-order valence-corrected chi connectivity index (χ2v) is 6.47. The first-order valence-electron chi connectivity index (χ1n) is 9.01. The van der Waals surface area contributed by atoms with Crippen molar-refractivity contribution in [1.29, 1.82) is 0 Å². The molecular formula is C21H25F2NO3. The summed E-state index contributed by atoms with van der Waals surface area (Å²) in [6.07, 6.45) is 0.0817. The summed E-state index contributed by atoms with van der Waals surface area (Å²) in [5, 5.41) is 10.2. The number of aliphatic hydroxyl groups is 1. The molecule has 146 valence electrons. The Labute approximate surface area is 158 Å². The third kappa shape index (κ3) is 7.45. The summed E-state index contributed by atoms with van der Waals surface area (Å²) < 4.78 is 32.2. The number of carbonyl (C=O) groups excluding carboxylic acids is 1. The zero-order chi connectivity index (χ0) is 19.6. The molecule has 0 aliphatic heterocycles. The molecule has 2 aromatic carbocycles. The van der Waals surface area contributed by atoms with Gasteiger partial charge < -0.3 is 9.84 Å². The molecule has 1 N–H and O–H groups in total. The van der Waals surface area contributed by atoms with Crippen LogP contribution in [0.1, 0.15) is 30.9 Å². The second kappa shape index (κ2) is 10.7. The molecule has 0 fully saturated rings. The maximum Gasteiger partial charge on any atom is 0.305 e. The van der Waals surface area contributed by atoms with Crippen LogP contribution >= 0.6 is 0 Å². The highest BCUT2D eigenvalue weighted by atomic mass is 19.1. The van der Waals surface area contributed by atoms with Gasteiger partial charge in [-0.3, -0.25) is 9.69 Å². The number of ether oxygens (including phenoxy) is 1. The summed E-state index contributed by atoms with van der Waals surface area (Å²) in [5.41, 5.74) is 1.33. The molecule has 27 heavy (non-hydrogen) atoms. The molecule has 0 radical (unpaired) electrons. The van der Waals surface area contributed by atoms with E-state index in [4.69, 9.17) is 4.74 Å². The summed E-state index contributed by atoms with van der Waals surface area (Å²) in [5.74, 6) is -1.01. The van der Waals surface area contributed by atoms with Crippen molar-refractivity contribution < 1.29 is 23.4 Å². The van der Waals surface area contributed by atoms with Crippen LogP contribution in [0.5, 0.6) is 0 Å². The van der Waals surface area contributed by atoms with Crippen molar-refractivity contribution in [2.45, 2.75) is 39.0 Å². The quantitative estimate of drug-likeness (QED) is 0.642. The minimum absolute atomic E-state index is 0.115. The van der Waals surface area contributed by atoms with Gasteiger partial charge in [-0.2, -0.15) is 0 Å². The molecule has 6 heteroatoms. The van der Waals surface area contributed by atoms with E-state index in [9.17, 15) is 18.7 Å². The number of nitrogens with zero attached hydrogens (tertiary/aromatic N) is 1. The Bertz CT molecular complexity index is 722. The molecule has 0 bridgehead atoms. The van der Waals surface area contributed by atoms with E-state index in [1.54, 1.807) is 30.3 Å². The molecular weight excluding hydrogens is 352 g/mol. The summed E-state index contributed by atoms with van der Waals surface area (Å²) in [7, 11) is 0. The van der Waals surface area contributed by atoms with Crippen LogP contribution in [0, 0.1) is 11.6 Å². The number of esters is 1. The lowest BCUT2D eigenvalue weighted by molar-refractivity contribution is -0.147. The highest BCUT2D eigenvalue weighted by Crippen LogP contribution is 2.14. The van der Waals surface area contributed by atoms with E-state index in [0.29, 0.717) is 24.9 Å². The predicted molar refractivity (Wildman–Crippen MR) is 98.8 cm³/mol. The van der Waals surface area contributed by atoms with Crippen LogP contribution in [0.15, 0.2) is 48.5 Å². The minimum Gasteiger partial charge on any atom is -0.463 e. The van der Waals surface area contributed by atoms with E-state index in [0.717, 1.165) is 5.56 Å². The third-order valence-electron chi connectivity index (χ3n) is 4.03. The fourth-order valence-corrected chi connectivity index (χ4v) is 2.72. The van der Waals surface area contributed by atoms with Crippen molar-refractivity contribution in [2.24, 2.45) is 0 Å². The molecule has 0 unspecified atom stereocenters. The highest BCUT2D eigenvalue weighted by Gasteiger charge is 2.16. The van der Waals surface area contributed by atoms with Gasteiger partial charge in [0.15, 0.2) is 0 Å². The molecule has 1 atom stereocenters. The zero-order valence-corrected chi connectivity index (χ0v) is 15.4. The van der Waals surface area contributed by atoms with Crippen LogP contribution in [0.4, 0.5) is 8.78 Å². The van der Waals surface area contributed by atoms with Gasteiger partial charge in [0.05, 0.1) is 0 Å². The molecule has 0 amide bonds. The van der Waals surface area contributed by atoms with Crippen LogP contribution in [0.3, 0.4) is 0 Å². The van der Waals surface area contributed by atoms with Gasteiger partial charge in [0.1, 0.15) is 24.3 Å². The maximum atomic E-state index is 14.0. The van der Waals surface area contributed by atoms with E-state index in [1.807, 2.05) is 11.8 Å². The Morgan fingerprint density at radius 2 is 1.81 bits per heavy atom. The van der Waals surface area contributed by atoms with Gasteiger partial charge >= 0.3 is 5.97 Å². The van der Waals surface area contributed by atoms with Gasteiger partial charge in [-0.25, -0.2) is 8.78 Å². The summed E-state index contributed by atoms with van der Waals surface area (Å²) in [6, 6.07) is 12.4. The molecule has 2 aromatic rings. The van der Waals surface area contributed by atoms with Crippen molar-refractivity contribution in [3.63, 3.8) is 0 Å². The summed E-state index contributed by atoms with van der Waals surface area (Å²) in [6.45, 7) is 2.61. The van der Waals surface area contributed by atoms with E-state index < -0.39 is 6.10 Å². The first kappa shape index (κ1) is 21.0. The van der Waals surface area contributed by atoms with Crippen molar-refractivity contribution in [2.75, 3.05) is 13.2 Å². The van der Waals surface area contributed by atoms with Crippen LogP contribution in [-0.4, -0.2) is 35.2 Å². The maximum absolute atomic E-state index is 14.0. The SMILES string of the molecule is CCCC(=O)OC[C@H](O)CN(Cc1ccc(F)cc1)Cc1ccccc1F. The zero-order valence-electron chi connectivity index (χ0n) is 15.4. The minimum atomic E-state index is -0.905. The molecule has 4 nitrogen and oxygen atoms in total. The number of hydrogen-bond donors (Lipinski definition) is 1. The number of halogens is 2. The number of rotatable bonds is 10. The van der Waals surface area contributed by atoms with Crippen LogP contribution < -0.4 is 0 Å².